The smallest absolute Gasteiger partial charge is 0.410 e. The number of hydrogen-bond donors (Lipinski definition) is 2. The minimum Gasteiger partial charge on any atom is -0.485 e. The van der Waals surface area contributed by atoms with Crippen molar-refractivity contribution in [1.82, 2.24) is 14.5 Å². The van der Waals surface area contributed by atoms with Gasteiger partial charge in [-0.1, -0.05) is 20.4 Å². The predicted octanol–water partition coefficient (Wildman–Crippen LogP) is 5.07. The molecule has 0 aliphatic carbocycles. The van der Waals surface area contributed by atoms with Crippen LogP contribution in [0.1, 0.15) is 82.6 Å². The average molecular weight is 662 g/mol. The van der Waals surface area contributed by atoms with E-state index in [4.69, 9.17) is 19.2 Å². The summed E-state index contributed by atoms with van der Waals surface area (Å²) < 4.78 is 18.4. The lowest BCUT2D eigenvalue weighted by atomic mass is 9.86. The third kappa shape index (κ3) is 6.41. The van der Waals surface area contributed by atoms with Gasteiger partial charge in [0, 0.05) is 30.1 Å². The van der Waals surface area contributed by atoms with E-state index in [0.29, 0.717) is 54.9 Å². The van der Waals surface area contributed by atoms with Crippen LogP contribution in [0.5, 0.6) is 5.75 Å². The first-order valence-electron chi connectivity index (χ1n) is 16.2. The van der Waals surface area contributed by atoms with Crippen molar-refractivity contribution in [3.8, 4) is 17.1 Å². The minimum atomic E-state index is -1.91. The SMILES string of the molecule is C=C(C(=O)O)C(CCCCN(C)C(=O)OC(C)(C)C)Oc1ccc2nc3c(c(CC)c2c1)Cn1c-3cc2c(c1=O)COC(=O)[C@]2(O)CC. The summed E-state index contributed by atoms with van der Waals surface area (Å²) in [6.07, 6.45) is 0.991. The number of nitrogens with zero attached hydrogens (tertiary/aromatic N) is 3. The van der Waals surface area contributed by atoms with Crippen LogP contribution in [0.4, 0.5) is 4.79 Å². The summed E-state index contributed by atoms with van der Waals surface area (Å²) in [6.45, 7) is 13.3. The molecule has 0 radical (unpaired) electrons. The van der Waals surface area contributed by atoms with Gasteiger partial charge in [-0.25, -0.2) is 19.4 Å². The Balaban J connectivity index is 1.41. The molecule has 0 fully saturated rings. The summed E-state index contributed by atoms with van der Waals surface area (Å²) >= 11 is 0. The molecule has 12 nitrogen and oxygen atoms in total. The second-order valence-corrected chi connectivity index (χ2v) is 13.4. The number of hydrogen-bond acceptors (Lipinski definition) is 9. The van der Waals surface area contributed by atoms with Gasteiger partial charge in [0.25, 0.3) is 5.56 Å². The van der Waals surface area contributed by atoms with E-state index in [9.17, 15) is 29.4 Å². The van der Waals surface area contributed by atoms with E-state index in [1.807, 2.05) is 13.0 Å². The second-order valence-electron chi connectivity index (χ2n) is 13.4. The first-order chi connectivity index (χ1) is 22.6. The number of unbranched alkanes of at least 4 members (excludes halogenated alkanes) is 1. The number of rotatable bonds is 11. The highest BCUT2D eigenvalue weighted by molar-refractivity contribution is 5.90. The molecule has 0 bridgehead atoms. The van der Waals surface area contributed by atoms with Crippen molar-refractivity contribution >= 4 is 28.9 Å². The van der Waals surface area contributed by atoms with E-state index in [1.165, 1.54) is 4.90 Å². The third-order valence-electron chi connectivity index (χ3n) is 8.99. The van der Waals surface area contributed by atoms with Crippen LogP contribution in [0.15, 0.2) is 41.2 Å². The maximum Gasteiger partial charge on any atom is 0.410 e. The van der Waals surface area contributed by atoms with Crippen molar-refractivity contribution in [2.45, 2.75) is 97.2 Å². The molecular weight excluding hydrogens is 618 g/mol. The number of ether oxygens (including phenoxy) is 3. The van der Waals surface area contributed by atoms with Crippen LogP contribution in [0.3, 0.4) is 0 Å². The number of aliphatic carboxylic acids is 1. The maximum absolute atomic E-state index is 13.6. The number of cyclic esters (lactones) is 1. The zero-order valence-electron chi connectivity index (χ0n) is 28.3. The molecule has 1 aromatic carbocycles. The molecule has 2 atom stereocenters. The summed E-state index contributed by atoms with van der Waals surface area (Å²) in [4.78, 5) is 56.8. The summed E-state index contributed by atoms with van der Waals surface area (Å²) in [5, 5.41) is 21.7. The van der Waals surface area contributed by atoms with E-state index < -0.39 is 35.3 Å². The number of esters is 1. The Hall–Kier alpha value is -4.71. The maximum atomic E-state index is 13.6. The molecule has 4 heterocycles. The zero-order valence-corrected chi connectivity index (χ0v) is 28.3. The van der Waals surface area contributed by atoms with Crippen LogP contribution in [0, 0.1) is 0 Å². The van der Waals surface area contributed by atoms with E-state index in [1.54, 1.807) is 57.5 Å². The quantitative estimate of drug-likeness (QED) is 0.126. The molecular formula is C36H43N3O9. The highest BCUT2D eigenvalue weighted by Gasteiger charge is 2.45. The highest BCUT2D eigenvalue weighted by Crippen LogP contribution is 2.41. The van der Waals surface area contributed by atoms with Crippen LogP contribution in [0.2, 0.25) is 0 Å². The molecule has 5 rings (SSSR count). The lowest BCUT2D eigenvalue weighted by Crippen LogP contribution is -2.44. The van der Waals surface area contributed by atoms with Gasteiger partial charge in [-0.05, 0) is 82.7 Å². The molecule has 256 valence electrons. The number of carbonyl (C=O) groups is 3. The molecule has 0 saturated heterocycles. The first-order valence-corrected chi connectivity index (χ1v) is 16.2. The Kier molecular flexibility index (Phi) is 9.42. The second kappa shape index (κ2) is 13.1. The van der Waals surface area contributed by atoms with Crippen LogP contribution in [-0.2, 0) is 44.2 Å². The van der Waals surface area contributed by atoms with Gasteiger partial charge in [0.1, 0.15) is 24.1 Å². The Bertz CT molecular complexity index is 1870. The number of carboxylic acids is 1. The fourth-order valence-corrected chi connectivity index (χ4v) is 6.33. The number of amides is 1. The fourth-order valence-electron chi connectivity index (χ4n) is 6.33. The Morgan fingerprint density at radius 3 is 2.54 bits per heavy atom. The van der Waals surface area contributed by atoms with E-state index in [0.717, 1.165) is 16.5 Å². The number of benzene rings is 1. The van der Waals surface area contributed by atoms with Crippen molar-refractivity contribution < 1.29 is 38.8 Å². The van der Waals surface area contributed by atoms with Crippen molar-refractivity contribution in [3.63, 3.8) is 0 Å². The predicted molar refractivity (Wildman–Crippen MR) is 178 cm³/mol. The van der Waals surface area contributed by atoms with E-state index >= 15 is 0 Å². The Morgan fingerprint density at radius 2 is 1.90 bits per heavy atom. The van der Waals surface area contributed by atoms with Gasteiger partial charge >= 0.3 is 18.0 Å². The molecule has 0 saturated carbocycles. The fraction of sp³-hybridized carbons (Fsp3) is 0.472. The monoisotopic (exact) mass is 661 g/mol. The lowest BCUT2D eigenvalue weighted by Gasteiger charge is -2.31. The molecule has 12 heteroatoms. The van der Waals surface area contributed by atoms with Crippen LogP contribution in [0.25, 0.3) is 22.3 Å². The van der Waals surface area contributed by atoms with Gasteiger partial charge in [-0.15, -0.1) is 0 Å². The minimum absolute atomic E-state index is 0.0567. The molecule has 2 aromatic heterocycles. The van der Waals surface area contributed by atoms with Crippen molar-refractivity contribution in [3.05, 3.63) is 69.0 Å². The van der Waals surface area contributed by atoms with Crippen molar-refractivity contribution in [1.29, 1.82) is 0 Å². The number of carboxylic acid groups (broad SMARTS) is 1. The van der Waals surface area contributed by atoms with Gasteiger partial charge in [-0.3, -0.25) is 4.79 Å². The summed E-state index contributed by atoms with van der Waals surface area (Å²) in [5.74, 6) is -1.48. The van der Waals surface area contributed by atoms with E-state index in [-0.39, 0.29) is 41.8 Å². The largest absolute Gasteiger partial charge is 0.485 e. The van der Waals surface area contributed by atoms with Gasteiger partial charge in [0.15, 0.2) is 5.60 Å². The lowest BCUT2D eigenvalue weighted by molar-refractivity contribution is -0.172. The Morgan fingerprint density at radius 1 is 1.17 bits per heavy atom. The molecule has 0 spiro atoms. The zero-order chi connectivity index (χ0) is 35.1. The molecule has 2 aliphatic rings. The van der Waals surface area contributed by atoms with Gasteiger partial charge in [-0.2, -0.15) is 0 Å². The molecule has 3 aromatic rings. The van der Waals surface area contributed by atoms with Gasteiger partial charge < -0.3 is 33.9 Å². The number of aromatic nitrogens is 2. The topological polar surface area (TPSA) is 157 Å². The average Bonchev–Trinajstić information content (AvgIpc) is 3.40. The molecule has 2 aliphatic heterocycles. The number of aryl methyl sites for hydroxylation is 1. The highest BCUT2D eigenvalue weighted by atomic mass is 16.6. The summed E-state index contributed by atoms with van der Waals surface area (Å²) in [6, 6.07) is 7.04. The molecule has 1 amide bonds. The van der Waals surface area contributed by atoms with E-state index in [2.05, 4.69) is 6.58 Å². The standard InChI is InChI=1S/C36H43N3O9/c1-8-22-23-16-21(47-29(20(3)32(41)42)12-10-11-15-38(7)34(44)48-35(4,5)6)13-14-27(23)37-30-24(22)18-39-28(30)17-26-25(31(39)40)19-46-33(43)36(26,45)9-2/h13-14,16-17,29,45H,3,8-12,15,18-19H2,1-2,4-7H3,(H,41,42)/t29?,36-/m0/s1. The molecule has 2 N–H and O–H groups in total. The van der Waals surface area contributed by atoms with Crippen molar-refractivity contribution in [2.24, 2.45) is 0 Å². The molecule has 1 unspecified atom stereocenters. The summed E-state index contributed by atoms with van der Waals surface area (Å²) in [7, 11) is 1.66. The normalized spacial score (nSPS) is 17.2. The van der Waals surface area contributed by atoms with Crippen LogP contribution >= 0.6 is 0 Å². The van der Waals surface area contributed by atoms with Gasteiger partial charge in [0.05, 0.1) is 34.6 Å². The number of fused-ring (bicyclic) bond motifs is 5. The van der Waals surface area contributed by atoms with Crippen LogP contribution < -0.4 is 10.3 Å². The third-order valence-corrected chi connectivity index (χ3v) is 8.99. The number of pyridine rings is 2. The Labute approximate surface area is 278 Å². The number of carbonyl (C=O) groups excluding carboxylic acids is 2. The van der Waals surface area contributed by atoms with Gasteiger partial charge in [0.2, 0.25) is 0 Å². The molecule has 48 heavy (non-hydrogen) atoms. The van der Waals surface area contributed by atoms with Crippen molar-refractivity contribution in [2.75, 3.05) is 13.6 Å². The summed E-state index contributed by atoms with van der Waals surface area (Å²) in [5.41, 5.74) is 1.21. The first kappa shape index (κ1) is 34.6. The van der Waals surface area contributed by atoms with Crippen LogP contribution in [-0.4, -0.2) is 68.0 Å². The number of aliphatic hydroxyl groups is 1.